The average Bonchev–Trinajstić information content (AvgIpc) is 2.26. The van der Waals surface area contributed by atoms with Crippen molar-refractivity contribution < 1.29 is 23.5 Å². The second kappa shape index (κ2) is 4.91. The Hall–Kier alpha value is -1.66. The van der Waals surface area contributed by atoms with Crippen LogP contribution in [0.3, 0.4) is 0 Å². The second-order valence-electron chi connectivity index (χ2n) is 3.31. The average molecular weight is 232 g/mol. The largest absolute Gasteiger partial charge is 0.462 e. The SMILES string of the molecule is CCOC(=O)C(F)N1CCN(C)C(=O)C1=O. The second-order valence-corrected chi connectivity index (χ2v) is 3.31. The molecule has 1 aliphatic rings. The maximum Gasteiger partial charge on any atom is 0.362 e. The van der Waals surface area contributed by atoms with Gasteiger partial charge < -0.3 is 9.64 Å². The Morgan fingerprint density at radius 2 is 2.06 bits per heavy atom. The van der Waals surface area contributed by atoms with E-state index in [9.17, 15) is 18.8 Å². The van der Waals surface area contributed by atoms with Gasteiger partial charge in [-0.05, 0) is 6.92 Å². The van der Waals surface area contributed by atoms with E-state index in [0.29, 0.717) is 4.90 Å². The lowest BCUT2D eigenvalue weighted by molar-refractivity contribution is -0.169. The van der Waals surface area contributed by atoms with E-state index in [1.807, 2.05) is 0 Å². The van der Waals surface area contributed by atoms with Crippen molar-refractivity contribution in [3.8, 4) is 0 Å². The predicted molar refractivity (Wildman–Crippen MR) is 50.9 cm³/mol. The number of ether oxygens (including phenoxy) is 1. The molecule has 6 nitrogen and oxygen atoms in total. The van der Waals surface area contributed by atoms with Crippen molar-refractivity contribution >= 4 is 17.8 Å². The molecular weight excluding hydrogens is 219 g/mol. The first-order valence-corrected chi connectivity index (χ1v) is 4.85. The van der Waals surface area contributed by atoms with Crippen LogP contribution in [0.15, 0.2) is 0 Å². The Labute approximate surface area is 91.9 Å². The van der Waals surface area contributed by atoms with Crippen LogP contribution in [0.4, 0.5) is 4.39 Å². The molecule has 1 rings (SSSR count). The van der Waals surface area contributed by atoms with Crippen molar-refractivity contribution in [1.82, 2.24) is 9.80 Å². The molecule has 0 saturated carbocycles. The zero-order valence-electron chi connectivity index (χ0n) is 9.10. The number of esters is 1. The zero-order chi connectivity index (χ0) is 12.3. The van der Waals surface area contributed by atoms with Crippen LogP contribution >= 0.6 is 0 Å². The van der Waals surface area contributed by atoms with Crippen molar-refractivity contribution in [3.05, 3.63) is 0 Å². The van der Waals surface area contributed by atoms with Crippen LogP contribution in [0, 0.1) is 0 Å². The lowest BCUT2D eigenvalue weighted by Crippen LogP contribution is -2.57. The molecule has 16 heavy (non-hydrogen) atoms. The highest BCUT2D eigenvalue weighted by molar-refractivity contribution is 6.35. The summed E-state index contributed by atoms with van der Waals surface area (Å²) >= 11 is 0. The summed E-state index contributed by atoms with van der Waals surface area (Å²) in [6.07, 6.45) is -2.20. The molecule has 0 aliphatic carbocycles. The molecule has 90 valence electrons. The number of carbonyl (C=O) groups is 3. The highest BCUT2D eigenvalue weighted by Crippen LogP contribution is 2.10. The minimum atomic E-state index is -2.20. The van der Waals surface area contributed by atoms with Crippen LogP contribution in [0.1, 0.15) is 6.92 Å². The zero-order valence-corrected chi connectivity index (χ0v) is 9.10. The maximum absolute atomic E-state index is 13.5. The summed E-state index contributed by atoms with van der Waals surface area (Å²) in [4.78, 5) is 35.4. The molecule has 7 heteroatoms. The molecule has 0 N–H and O–H groups in total. The fourth-order valence-electron chi connectivity index (χ4n) is 1.30. The molecular formula is C9H13FN2O4. The van der Waals surface area contributed by atoms with Gasteiger partial charge in [0.05, 0.1) is 6.61 Å². The molecule has 0 spiro atoms. The highest BCUT2D eigenvalue weighted by atomic mass is 19.1. The summed E-state index contributed by atoms with van der Waals surface area (Å²) in [5.41, 5.74) is 0. The summed E-state index contributed by atoms with van der Waals surface area (Å²) in [6.45, 7) is 1.74. The van der Waals surface area contributed by atoms with E-state index in [2.05, 4.69) is 4.74 Å². The van der Waals surface area contributed by atoms with Gasteiger partial charge in [0, 0.05) is 20.1 Å². The van der Waals surface area contributed by atoms with E-state index in [1.165, 1.54) is 18.9 Å². The smallest absolute Gasteiger partial charge is 0.362 e. The quantitative estimate of drug-likeness (QED) is 0.361. The minimum absolute atomic E-state index is 0.0128. The molecule has 1 saturated heterocycles. The Kier molecular flexibility index (Phi) is 3.81. The van der Waals surface area contributed by atoms with E-state index >= 15 is 0 Å². The van der Waals surface area contributed by atoms with Gasteiger partial charge in [-0.15, -0.1) is 0 Å². The fourth-order valence-corrected chi connectivity index (χ4v) is 1.30. The third kappa shape index (κ3) is 2.29. The molecule has 0 bridgehead atoms. The summed E-state index contributed by atoms with van der Waals surface area (Å²) in [6, 6.07) is 0. The topological polar surface area (TPSA) is 66.9 Å². The molecule has 0 radical (unpaired) electrons. The first-order chi connectivity index (χ1) is 7.49. The van der Waals surface area contributed by atoms with Gasteiger partial charge >= 0.3 is 17.8 Å². The van der Waals surface area contributed by atoms with Crippen molar-refractivity contribution in [2.75, 3.05) is 26.7 Å². The van der Waals surface area contributed by atoms with Gasteiger partial charge in [-0.2, -0.15) is 0 Å². The van der Waals surface area contributed by atoms with Crippen LogP contribution in [0.2, 0.25) is 0 Å². The first kappa shape index (κ1) is 12.4. The van der Waals surface area contributed by atoms with Crippen molar-refractivity contribution in [3.63, 3.8) is 0 Å². The van der Waals surface area contributed by atoms with Gasteiger partial charge in [-0.1, -0.05) is 0 Å². The molecule has 1 fully saturated rings. The van der Waals surface area contributed by atoms with E-state index in [0.717, 1.165) is 0 Å². The lowest BCUT2D eigenvalue weighted by atomic mass is 10.3. The number of hydrogen-bond acceptors (Lipinski definition) is 4. The Balaban J connectivity index is 2.70. The minimum Gasteiger partial charge on any atom is -0.462 e. The molecule has 1 heterocycles. The molecule has 0 aromatic carbocycles. The number of piperazine rings is 1. The van der Waals surface area contributed by atoms with Crippen LogP contribution in [0.25, 0.3) is 0 Å². The van der Waals surface area contributed by atoms with Gasteiger partial charge in [0.1, 0.15) is 0 Å². The molecule has 1 atom stereocenters. The number of rotatable bonds is 3. The predicted octanol–water partition coefficient (Wildman–Crippen LogP) is -0.854. The number of nitrogens with zero attached hydrogens (tertiary/aromatic N) is 2. The standard InChI is InChI=1S/C9H13FN2O4/c1-3-16-9(15)6(10)12-5-4-11(2)7(13)8(12)14/h6H,3-5H2,1-2H3. The van der Waals surface area contributed by atoms with Gasteiger partial charge in [-0.3, -0.25) is 14.5 Å². The Bertz CT molecular complexity index is 321. The molecule has 0 aromatic heterocycles. The number of carbonyl (C=O) groups excluding carboxylic acids is 3. The van der Waals surface area contributed by atoms with E-state index in [-0.39, 0.29) is 19.7 Å². The van der Waals surface area contributed by atoms with E-state index in [4.69, 9.17) is 0 Å². The van der Waals surface area contributed by atoms with E-state index in [1.54, 1.807) is 0 Å². The number of likely N-dealkylation sites (N-methyl/N-ethyl adjacent to an activating group) is 1. The highest BCUT2D eigenvalue weighted by Gasteiger charge is 2.38. The third-order valence-electron chi connectivity index (χ3n) is 2.22. The van der Waals surface area contributed by atoms with Crippen molar-refractivity contribution in [2.24, 2.45) is 0 Å². The van der Waals surface area contributed by atoms with Crippen molar-refractivity contribution in [1.29, 1.82) is 0 Å². The molecule has 2 amide bonds. The van der Waals surface area contributed by atoms with Gasteiger partial charge in [0.2, 0.25) is 0 Å². The molecule has 1 unspecified atom stereocenters. The monoisotopic (exact) mass is 232 g/mol. The van der Waals surface area contributed by atoms with Crippen LogP contribution in [-0.2, 0) is 19.1 Å². The van der Waals surface area contributed by atoms with Crippen LogP contribution < -0.4 is 0 Å². The summed E-state index contributed by atoms with van der Waals surface area (Å²) < 4.78 is 17.9. The summed E-state index contributed by atoms with van der Waals surface area (Å²) in [7, 11) is 1.44. The first-order valence-electron chi connectivity index (χ1n) is 4.85. The fraction of sp³-hybridized carbons (Fsp3) is 0.667. The van der Waals surface area contributed by atoms with E-state index < -0.39 is 24.1 Å². The van der Waals surface area contributed by atoms with Crippen LogP contribution in [-0.4, -0.2) is 60.6 Å². The number of amides is 2. The van der Waals surface area contributed by atoms with Crippen LogP contribution in [0.5, 0.6) is 0 Å². The normalized spacial score (nSPS) is 18.7. The Morgan fingerprint density at radius 3 is 2.62 bits per heavy atom. The molecule has 1 aliphatic heterocycles. The number of halogens is 1. The third-order valence-corrected chi connectivity index (χ3v) is 2.22. The van der Waals surface area contributed by atoms with Crippen molar-refractivity contribution in [2.45, 2.75) is 13.2 Å². The number of hydrogen-bond donors (Lipinski definition) is 0. The maximum atomic E-state index is 13.5. The van der Waals surface area contributed by atoms with Gasteiger partial charge in [0.25, 0.3) is 6.30 Å². The van der Waals surface area contributed by atoms with Gasteiger partial charge in [-0.25, -0.2) is 9.18 Å². The summed E-state index contributed by atoms with van der Waals surface area (Å²) in [5, 5.41) is 0. The Morgan fingerprint density at radius 1 is 1.44 bits per heavy atom. The molecule has 0 aromatic rings. The summed E-state index contributed by atoms with van der Waals surface area (Å²) in [5.74, 6) is -2.99. The lowest BCUT2D eigenvalue weighted by Gasteiger charge is -2.32. The number of alkyl halides is 1. The van der Waals surface area contributed by atoms with Gasteiger partial charge in [0.15, 0.2) is 0 Å².